The first-order chi connectivity index (χ1) is 8.60. The van der Waals surface area contributed by atoms with Gasteiger partial charge in [-0.1, -0.05) is 11.8 Å². The van der Waals surface area contributed by atoms with Crippen molar-refractivity contribution >= 4 is 17.7 Å². The number of nitrogens with zero attached hydrogens (tertiary/aromatic N) is 2. The van der Waals surface area contributed by atoms with Crippen molar-refractivity contribution in [2.45, 2.75) is 30.1 Å². The minimum Gasteiger partial charge on any atom is -0.481 e. The second-order valence-corrected chi connectivity index (χ2v) is 5.06. The van der Waals surface area contributed by atoms with Crippen LogP contribution in [0.2, 0.25) is 0 Å². The van der Waals surface area contributed by atoms with Crippen LogP contribution in [0.3, 0.4) is 0 Å². The molecule has 1 N–H and O–H groups in total. The van der Waals surface area contributed by atoms with Crippen LogP contribution in [0.5, 0.6) is 0 Å². The lowest BCUT2D eigenvalue weighted by Crippen LogP contribution is -2.34. The van der Waals surface area contributed by atoms with Crippen LogP contribution in [-0.4, -0.2) is 39.6 Å². The van der Waals surface area contributed by atoms with Crippen LogP contribution < -0.4 is 5.56 Å². The zero-order valence-corrected chi connectivity index (χ0v) is 10.7. The Bertz CT molecular complexity index is 496. The summed E-state index contributed by atoms with van der Waals surface area (Å²) in [7, 11) is 1.67. The third-order valence-electron chi connectivity index (χ3n) is 2.93. The number of hydrogen-bond donors (Lipinski definition) is 1. The van der Waals surface area contributed by atoms with E-state index < -0.39 is 5.97 Å². The molecule has 98 valence electrons. The first-order valence-electron chi connectivity index (χ1n) is 5.56. The van der Waals surface area contributed by atoms with Gasteiger partial charge in [0.1, 0.15) is 0 Å². The molecule has 1 aromatic rings. The second kappa shape index (κ2) is 5.53. The highest BCUT2D eigenvalue weighted by atomic mass is 32.2. The quantitative estimate of drug-likeness (QED) is 0.628. The molecule has 0 saturated heterocycles. The summed E-state index contributed by atoms with van der Waals surface area (Å²) < 4.78 is 7.07. The van der Waals surface area contributed by atoms with Crippen molar-refractivity contribution in [3.05, 3.63) is 22.6 Å². The standard InChI is InChI=1S/C11H14N2O4S/c1-17-8-4-7(5-8)13-3-2-9(14)12-11(13)18-6-10(15)16/h2-3,7-8H,4-6H2,1H3,(H,15,16). The molecule has 0 unspecified atom stereocenters. The van der Waals surface area contributed by atoms with Gasteiger partial charge < -0.3 is 14.4 Å². The third-order valence-corrected chi connectivity index (χ3v) is 3.88. The van der Waals surface area contributed by atoms with Gasteiger partial charge in [0, 0.05) is 25.4 Å². The summed E-state index contributed by atoms with van der Waals surface area (Å²) >= 11 is 1.07. The monoisotopic (exact) mass is 270 g/mol. The van der Waals surface area contributed by atoms with Crippen LogP contribution in [0.25, 0.3) is 0 Å². The summed E-state index contributed by atoms with van der Waals surface area (Å²) in [5, 5.41) is 9.13. The smallest absolute Gasteiger partial charge is 0.313 e. The topological polar surface area (TPSA) is 81.4 Å². The van der Waals surface area contributed by atoms with Crippen molar-refractivity contribution in [3.8, 4) is 0 Å². The molecule has 2 rings (SSSR count). The molecule has 0 aromatic carbocycles. The number of aromatic nitrogens is 2. The van der Waals surface area contributed by atoms with Crippen LogP contribution in [0.4, 0.5) is 0 Å². The van der Waals surface area contributed by atoms with Gasteiger partial charge in [-0.25, -0.2) is 0 Å². The number of hydrogen-bond acceptors (Lipinski definition) is 5. The highest BCUT2D eigenvalue weighted by molar-refractivity contribution is 7.99. The summed E-state index contributed by atoms with van der Waals surface area (Å²) in [6.07, 6.45) is 3.64. The van der Waals surface area contributed by atoms with E-state index in [0.29, 0.717) is 5.16 Å². The highest BCUT2D eigenvalue weighted by Gasteiger charge is 2.31. The molecule has 0 radical (unpaired) electrons. The van der Waals surface area contributed by atoms with Gasteiger partial charge in [-0.3, -0.25) is 9.59 Å². The van der Waals surface area contributed by atoms with Crippen LogP contribution in [0, 0.1) is 0 Å². The SMILES string of the molecule is COC1CC(n2ccc(=O)nc2SCC(=O)O)C1. The largest absolute Gasteiger partial charge is 0.481 e. The van der Waals surface area contributed by atoms with Gasteiger partial charge >= 0.3 is 5.97 Å². The summed E-state index contributed by atoms with van der Waals surface area (Å²) in [5.41, 5.74) is -0.346. The Morgan fingerprint density at radius 3 is 3.00 bits per heavy atom. The lowest BCUT2D eigenvalue weighted by atomic mass is 9.89. The fraction of sp³-hybridized carbons (Fsp3) is 0.545. The molecule has 0 bridgehead atoms. The number of methoxy groups -OCH3 is 1. The Kier molecular flexibility index (Phi) is 4.03. The number of aliphatic carboxylic acids is 1. The first kappa shape index (κ1) is 13.1. The van der Waals surface area contributed by atoms with Crippen LogP contribution in [-0.2, 0) is 9.53 Å². The molecule has 1 aliphatic carbocycles. The van der Waals surface area contributed by atoms with E-state index in [-0.39, 0.29) is 23.5 Å². The van der Waals surface area contributed by atoms with Gasteiger partial charge in [0.05, 0.1) is 11.9 Å². The molecule has 7 heteroatoms. The molecule has 0 aliphatic heterocycles. The Labute approximate surface area is 108 Å². The zero-order valence-electron chi connectivity index (χ0n) is 9.91. The average Bonchev–Trinajstić information content (AvgIpc) is 2.27. The predicted molar refractivity (Wildman–Crippen MR) is 65.9 cm³/mol. The fourth-order valence-corrected chi connectivity index (χ4v) is 2.63. The van der Waals surface area contributed by atoms with Crippen LogP contribution >= 0.6 is 11.8 Å². The zero-order chi connectivity index (χ0) is 13.1. The number of carbonyl (C=O) groups is 1. The van der Waals surface area contributed by atoms with Crippen molar-refractivity contribution in [1.29, 1.82) is 0 Å². The van der Waals surface area contributed by atoms with E-state index in [1.807, 2.05) is 4.57 Å². The van der Waals surface area contributed by atoms with Gasteiger partial charge in [0.2, 0.25) is 0 Å². The number of thioether (sulfide) groups is 1. The van der Waals surface area contributed by atoms with Crippen molar-refractivity contribution in [3.63, 3.8) is 0 Å². The fourth-order valence-electron chi connectivity index (χ4n) is 1.87. The number of rotatable bonds is 5. The van der Waals surface area contributed by atoms with Crippen LogP contribution in [0.15, 0.2) is 22.2 Å². The predicted octanol–water partition coefficient (Wildman–Crippen LogP) is 0.770. The number of carboxylic acid groups (broad SMARTS) is 1. The molecular weight excluding hydrogens is 256 g/mol. The summed E-state index contributed by atoms with van der Waals surface area (Å²) in [4.78, 5) is 25.7. The Morgan fingerprint density at radius 2 is 2.39 bits per heavy atom. The summed E-state index contributed by atoms with van der Waals surface area (Å²) in [6, 6.07) is 1.63. The maximum atomic E-state index is 11.2. The van der Waals surface area contributed by atoms with E-state index in [2.05, 4.69) is 4.98 Å². The minimum absolute atomic E-state index is 0.100. The van der Waals surface area contributed by atoms with Crippen molar-refractivity contribution in [2.75, 3.05) is 12.9 Å². The molecule has 1 aliphatic rings. The van der Waals surface area contributed by atoms with E-state index in [9.17, 15) is 9.59 Å². The molecule has 6 nitrogen and oxygen atoms in total. The lowest BCUT2D eigenvalue weighted by molar-refractivity contribution is -0.133. The third kappa shape index (κ3) is 2.91. The first-order valence-corrected chi connectivity index (χ1v) is 6.55. The lowest BCUT2D eigenvalue weighted by Gasteiger charge is -2.36. The van der Waals surface area contributed by atoms with Gasteiger partial charge in [0.15, 0.2) is 5.16 Å². The molecule has 1 heterocycles. The second-order valence-electron chi connectivity index (χ2n) is 4.12. The Morgan fingerprint density at radius 1 is 1.67 bits per heavy atom. The summed E-state index contributed by atoms with van der Waals surface area (Å²) in [6.45, 7) is 0. The normalized spacial score (nSPS) is 22.5. The number of ether oxygens (including phenoxy) is 1. The van der Waals surface area contributed by atoms with Gasteiger partial charge in [0.25, 0.3) is 5.56 Å². The van der Waals surface area contributed by atoms with E-state index in [4.69, 9.17) is 9.84 Å². The van der Waals surface area contributed by atoms with Crippen molar-refractivity contribution < 1.29 is 14.6 Å². The molecule has 0 amide bonds. The highest BCUT2D eigenvalue weighted by Crippen LogP contribution is 2.35. The minimum atomic E-state index is -0.923. The molecule has 18 heavy (non-hydrogen) atoms. The summed E-state index contributed by atoms with van der Waals surface area (Å²) in [5.74, 6) is -1.02. The van der Waals surface area contributed by atoms with E-state index in [0.717, 1.165) is 24.6 Å². The molecule has 0 spiro atoms. The Hall–Kier alpha value is -1.34. The Balaban J connectivity index is 2.13. The molecule has 1 saturated carbocycles. The molecule has 1 aromatic heterocycles. The van der Waals surface area contributed by atoms with Crippen molar-refractivity contribution in [2.24, 2.45) is 0 Å². The van der Waals surface area contributed by atoms with E-state index in [1.165, 1.54) is 6.07 Å². The van der Waals surface area contributed by atoms with Gasteiger partial charge in [-0.05, 0) is 12.8 Å². The van der Waals surface area contributed by atoms with Crippen molar-refractivity contribution in [1.82, 2.24) is 9.55 Å². The van der Waals surface area contributed by atoms with Crippen LogP contribution in [0.1, 0.15) is 18.9 Å². The maximum Gasteiger partial charge on any atom is 0.313 e. The van der Waals surface area contributed by atoms with E-state index in [1.54, 1.807) is 13.3 Å². The average molecular weight is 270 g/mol. The van der Waals surface area contributed by atoms with Gasteiger partial charge in [-0.2, -0.15) is 4.98 Å². The maximum absolute atomic E-state index is 11.2. The molecule has 0 atom stereocenters. The number of carboxylic acids is 1. The van der Waals surface area contributed by atoms with E-state index >= 15 is 0 Å². The molecular formula is C11H14N2O4S. The van der Waals surface area contributed by atoms with Gasteiger partial charge in [-0.15, -0.1) is 0 Å². The molecule has 1 fully saturated rings.